The molecule has 3 rings (SSSR count). The molecule has 0 aliphatic heterocycles. The highest BCUT2D eigenvalue weighted by Crippen LogP contribution is 2.31. The molecule has 1 aromatic carbocycles. The number of rotatable bonds is 6. The number of nitrogens with one attached hydrogen (secondary N) is 2. The molecule has 0 bridgehead atoms. The zero-order valence-electron chi connectivity index (χ0n) is 13.0. The molecule has 0 unspecified atom stereocenters. The molecule has 0 saturated carbocycles. The Balaban J connectivity index is 1.47. The Labute approximate surface area is 161 Å². The number of amides is 2. The summed E-state index contributed by atoms with van der Waals surface area (Å²) in [6.45, 7) is 0.698. The number of halogens is 1. The van der Waals surface area contributed by atoms with E-state index in [4.69, 9.17) is 0 Å². The lowest BCUT2D eigenvalue weighted by molar-refractivity contribution is 0.0925. The van der Waals surface area contributed by atoms with Crippen LogP contribution in [0.25, 0.3) is 9.88 Å². The zero-order valence-corrected chi connectivity index (χ0v) is 16.2. The number of aromatic nitrogens is 1. The molecule has 0 fully saturated rings. The van der Waals surface area contributed by atoms with E-state index in [1.54, 1.807) is 28.8 Å². The van der Waals surface area contributed by atoms with Crippen molar-refractivity contribution < 1.29 is 9.59 Å². The van der Waals surface area contributed by atoms with Gasteiger partial charge in [-0.05, 0) is 34.1 Å². The summed E-state index contributed by atoms with van der Waals surface area (Å²) < 4.78 is 1.00. The van der Waals surface area contributed by atoms with Crippen molar-refractivity contribution in [1.29, 1.82) is 0 Å². The monoisotopic (exact) mass is 435 g/mol. The van der Waals surface area contributed by atoms with E-state index in [-0.39, 0.29) is 11.8 Å². The van der Waals surface area contributed by atoms with Crippen molar-refractivity contribution in [1.82, 2.24) is 15.6 Å². The lowest BCUT2D eigenvalue weighted by Gasteiger charge is -2.06. The van der Waals surface area contributed by atoms with Gasteiger partial charge in [0.05, 0.1) is 4.88 Å². The summed E-state index contributed by atoms with van der Waals surface area (Å²) in [4.78, 5) is 29.4. The second-order valence-electron chi connectivity index (χ2n) is 5.04. The van der Waals surface area contributed by atoms with Gasteiger partial charge in [0.1, 0.15) is 10.7 Å². The number of hydrogen-bond acceptors (Lipinski definition) is 5. The molecule has 0 aliphatic carbocycles. The van der Waals surface area contributed by atoms with Crippen LogP contribution in [0.5, 0.6) is 0 Å². The molecule has 2 aromatic heterocycles. The van der Waals surface area contributed by atoms with Crippen LogP contribution in [0, 0.1) is 0 Å². The summed E-state index contributed by atoms with van der Waals surface area (Å²) in [5.74, 6) is -0.402. The number of thiophene rings is 1. The summed E-state index contributed by atoms with van der Waals surface area (Å²) in [7, 11) is 0. The van der Waals surface area contributed by atoms with E-state index in [1.165, 1.54) is 11.3 Å². The van der Waals surface area contributed by atoms with Crippen LogP contribution >= 0.6 is 38.6 Å². The van der Waals surface area contributed by atoms with Crippen molar-refractivity contribution in [2.45, 2.75) is 0 Å². The van der Waals surface area contributed by atoms with Gasteiger partial charge in [0.25, 0.3) is 11.8 Å². The third-order valence-electron chi connectivity index (χ3n) is 3.25. The van der Waals surface area contributed by atoms with Crippen molar-refractivity contribution >= 4 is 50.4 Å². The smallest absolute Gasteiger partial charge is 0.270 e. The van der Waals surface area contributed by atoms with E-state index in [0.717, 1.165) is 14.4 Å². The van der Waals surface area contributed by atoms with E-state index < -0.39 is 0 Å². The van der Waals surface area contributed by atoms with Crippen LogP contribution < -0.4 is 10.6 Å². The van der Waals surface area contributed by atoms with Crippen molar-refractivity contribution in [2.75, 3.05) is 13.1 Å². The summed E-state index contributed by atoms with van der Waals surface area (Å²) in [5, 5.41) is 10.1. The highest BCUT2D eigenvalue weighted by molar-refractivity contribution is 9.10. The number of thiazole rings is 1. The minimum absolute atomic E-state index is 0.158. The summed E-state index contributed by atoms with van der Waals surface area (Å²) in [6.07, 6.45) is 0. The molecular formula is C17H14BrN3O2S2. The second kappa shape index (κ2) is 8.37. The van der Waals surface area contributed by atoms with Crippen molar-refractivity contribution in [3.05, 3.63) is 62.9 Å². The van der Waals surface area contributed by atoms with Crippen LogP contribution in [-0.4, -0.2) is 29.9 Å². The fourth-order valence-corrected chi connectivity index (χ4v) is 4.36. The van der Waals surface area contributed by atoms with Crippen LogP contribution in [0.15, 0.2) is 51.6 Å². The Kier molecular flexibility index (Phi) is 5.95. The first kappa shape index (κ1) is 17.8. The number of benzene rings is 1. The molecule has 0 saturated heterocycles. The molecule has 2 N–H and O–H groups in total. The van der Waals surface area contributed by atoms with Gasteiger partial charge in [-0.1, -0.05) is 18.2 Å². The highest BCUT2D eigenvalue weighted by atomic mass is 79.9. The summed E-state index contributed by atoms with van der Waals surface area (Å²) >= 11 is 6.41. The molecule has 0 radical (unpaired) electrons. The average molecular weight is 436 g/mol. The molecule has 3 aromatic rings. The fourth-order valence-electron chi connectivity index (χ4n) is 2.05. The Morgan fingerprint density at radius 1 is 1.00 bits per heavy atom. The van der Waals surface area contributed by atoms with Gasteiger partial charge < -0.3 is 10.6 Å². The van der Waals surface area contributed by atoms with Crippen molar-refractivity contribution in [2.24, 2.45) is 0 Å². The molecule has 0 spiro atoms. The first-order chi connectivity index (χ1) is 12.1. The third-order valence-corrected chi connectivity index (χ3v) is 5.95. The maximum absolute atomic E-state index is 12.1. The molecule has 2 heterocycles. The third kappa shape index (κ3) is 4.75. The van der Waals surface area contributed by atoms with Crippen LogP contribution in [0.2, 0.25) is 0 Å². The van der Waals surface area contributed by atoms with Gasteiger partial charge in [0.2, 0.25) is 0 Å². The molecule has 0 aliphatic rings. The molecule has 128 valence electrons. The topological polar surface area (TPSA) is 71.1 Å². The molecule has 25 heavy (non-hydrogen) atoms. The predicted molar refractivity (Wildman–Crippen MR) is 104 cm³/mol. The molecule has 8 heteroatoms. The fraction of sp³-hybridized carbons (Fsp3) is 0.118. The van der Waals surface area contributed by atoms with Gasteiger partial charge in [-0.25, -0.2) is 4.98 Å². The van der Waals surface area contributed by atoms with Crippen molar-refractivity contribution in [3.8, 4) is 9.88 Å². The first-order valence-electron chi connectivity index (χ1n) is 7.45. The molecule has 0 atom stereocenters. The van der Waals surface area contributed by atoms with E-state index in [9.17, 15) is 9.59 Å². The summed E-state index contributed by atoms with van der Waals surface area (Å²) in [6, 6.07) is 10.9. The summed E-state index contributed by atoms with van der Waals surface area (Å²) in [5.41, 5.74) is 0.985. The number of carbonyl (C=O) groups is 2. The number of nitrogens with zero attached hydrogens (tertiary/aromatic N) is 1. The second-order valence-corrected chi connectivity index (χ2v) is 7.73. The van der Waals surface area contributed by atoms with Crippen LogP contribution in [0.3, 0.4) is 0 Å². The first-order valence-corrected chi connectivity index (χ1v) is 10.00. The van der Waals surface area contributed by atoms with Gasteiger partial charge >= 0.3 is 0 Å². The average Bonchev–Trinajstić information content (AvgIpc) is 3.28. The van der Waals surface area contributed by atoms with E-state index in [0.29, 0.717) is 24.3 Å². The standard InChI is InChI=1S/C17H14BrN3O2S2/c18-12-8-14(24-9-12)17-21-13(10-25-17)16(23)20-7-6-19-15(22)11-4-2-1-3-5-11/h1-5,8-10H,6-7H2,(H,19,22)(H,20,23). The molecule has 2 amide bonds. The highest BCUT2D eigenvalue weighted by Gasteiger charge is 2.13. The Hall–Kier alpha value is -2.03. The number of hydrogen-bond donors (Lipinski definition) is 2. The lowest BCUT2D eigenvalue weighted by atomic mass is 10.2. The van der Waals surface area contributed by atoms with Gasteiger partial charge in [-0.15, -0.1) is 22.7 Å². The Morgan fingerprint density at radius 3 is 2.40 bits per heavy atom. The van der Waals surface area contributed by atoms with E-state index >= 15 is 0 Å². The molecular weight excluding hydrogens is 422 g/mol. The maximum Gasteiger partial charge on any atom is 0.270 e. The molecule has 5 nitrogen and oxygen atoms in total. The van der Waals surface area contributed by atoms with Gasteiger partial charge in [0.15, 0.2) is 0 Å². The van der Waals surface area contributed by atoms with Crippen LogP contribution in [0.1, 0.15) is 20.8 Å². The van der Waals surface area contributed by atoms with Crippen LogP contribution in [0.4, 0.5) is 0 Å². The zero-order chi connectivity index (χ0) is 17.6. The quantitative estimate of drug-likeness (QED) is 0.578. The Bertz CT molecular complexity index is 877. The Morgan fingerprint density at radius 2 is 1.72 bits per heavy atom. The minimum Gasteiger partial charge on any atom is -0.350 e. The largest absolute Gasteiger partial charge is 0.350 e. The van der Waals surface area contributed by atoms with E-state index in [1.807, 2.05) is 29.6 Å². The SMILES string of the molecule is O=C(NCCNC(=O)c1csc(-c2cc(Br)cs2)n1)c1ccccc1. The van der Waals surface area contributed by atoms with Gasteiger partial charge in [0, 0.05) is 33.9 Å². The predicted octanol–water partition coefficient (Wildman–Crippen LogP) is 3.79. The maximum atomic E-state index is 12.1. The van der Waals surface area contributed by atoms with Crippen LogP contribution in [-0.2, 0) is 0 Å². The lowest BCUT2D eigenvalue weighted by Crippen LogP contribution is -2.34. The normalized spacial score (nSPS) is 10.4. The van der Waals surface area contributed by atoms with Crippen molar-refractivity contribution in [3.63, 3.8) is 0 Å². The minimum atomic E-state index is -0.243. The van der Waals surface area contributed by atoms with Gasteiger partial charge in [-0.3, -0.25) is 9.59 Å². The number of carbonyl (C=O) groups excluding carboxylic acids is 2. The van der Waals surface area contributed by atoms with E-state index in [2.05, 4.69) is 31.5 Å². The van der Waals surface area contributed by atoms with Gasteiger partial charge in [-0.2, -0.15) is 0 Å².